The molecule has 0 aliphatic carbocycles. The molecule has 4 N–H and O–H groups in total. The zero-order valence-corrected chi connectivity index (χ0v) is 16.0. The molecule has 0 aliphatic rings. The minimum absolute atomic E-state index is 0.274. The number of carbonyl (C=O) groups excluding carboxylic acids is 2. The van der Waals surface area contributed by atoms with Crippen molar-refractivity contribution in [1.82, 2.24) is 19.9 Å². The van der Waals surface area contributed by atoms with Gasteiger partial charge in [-0.1, -0.05) is 32.0 Å². The third kappa shape index (κ3) is 3.86. The van der Waals surface area contributed by atoms with Crippen LogP contribution in [0, 0.1) is 0 Å². The number of imidazole rings is 2. The summed E-state index contributed by atoms with van der Waals surface area (Å²) in [4.78, 5) is 39.3. The first-order valence-electron chi connectivity index (χ1n) is 9.22. The largest absolute Gasteiger partial charge is 0.331 e. The second-order valence-corrected chi connectivity index (χ2v) is 6.91. The normalized spacial score (nSPS) is 11.0. The van der Waals surface area contributed by atoms with E-state index in [0.29, 0.717) is 34.0 Å². The summed E-state index contributed by atoms with van der Waals surface area (Å²) >= 11 is 0. The van der Waals surface area contributed by atoms with Crippen LogP contribution in [-0.4, -0.2) is 31.8 Å². The Kier molecular flexibility index (Phi) is 4.82. The van der Waals surface area contributed by atoms with E-state index in [-0.39, 0.29) is 17.8 Å². The highest BCUT2D eigenvalue weighted by molar-refractivity contribution is 6.11. The summed E-state index contributed by atoms with van der Waals surface area (Å²) in [6, 6.07) is 12.6. The van der Waals surface area contributed by atoms with Crippen molar-refractivity contribution in [3.63, 3.8) is 0 Å². The lowest BCUT2D eigenvalue weighted by Crippen LogP contribution is -2.14. The maximum absolute atomic E-state index is 12.6. The minimum atomic E-state index is -0.337. The van der Waals surface area contributed by atoms with Gasteiger partial charge in [0, 0.05) is 18.0 Å². The van der Waals surface area contributed by atoms with Gasteiger partial charge in [0.2, 0.25) is 11.9 Å². The molecule has 2 aromatic carbocycles. The van der Waals surface area contributed by atoms with Crippen LogP contribution in [0.1, 0.15) is 46.0 Å². The third-order valence-corrected chi connectivity index (χ3v) is 4.56. The van der Waals surface area contributed by atoms with Crippen molar-refractivity contribution in [3.8, 4) is 0 Å². The van der Waals surface area contributed by atoms with Crippen LogP contribution in [0.5, 0.6) is 0 Å². The number of carbonyl (C=O) groups is 2. The number of anilines is 2. The van der Waals surface area contributed by atoms with Crippen molar-refractivity contribution in [2.45, 2.75) is 19.8 Å². The van der Waals surface area contributed by atoms with Crippen LogP contribution in [0.15, 0.2) is 54.9 Å². The zero-order valence-electron chi connectivity index (χ0n) is 16.0. The summed E-state index contributed by atoms with van der Waals surface area (Å²) < 4.78 is 0. The molecule has 0 radical (unpaired) electrons. The van der Waals surface area contributed by atoms with Crippen LogP contribution >= 0.6 is 0 Å². The van der Waals surface area contributed by atoms with Crippen molar-refractivity contribution in [2.24, 2.45) is 0 Å². The number of nitrogens with zero attached hydrogens (tertiary/aromatic N) is 2. The van der Waals surface area contributed by atoms with Gasteiger partial charge in [-0.15, -0.1) is 0 Å². The Hall–Kier alpha value is -3.94. The number of amides is 2. The van der Waals surface area contributed by atoms with Crippen molar-refractivity contribution < 1.29 is 9.59 Å². The van der Waals surface area contributed by atoms with E-state index >= 15 is 0 Å². The predicted octanol–water partition coefficient (Wildman–Crippen LogP) is 3.91. The lowest BCUT2D eigenvalue weighted by molar-refractivity contribution is 0.101. The number of para-hydroxylation sites is 1. The average Bonchev–Trinajstić information content (AvgIpc) is 3.36. The van der Waals surface area contributed by atoms with Crippen molar-refractivity contribution >= 4 is 34.7 Å². The highest BCUT2D eigenvalue weighted by atomic mass is 16.2. The number of benzene rings is 2. The van der Waals surface area contributed by atoms with Gasteiger partial charge < -0.3 is 9.97 Å². The monoisotopic (exact) mass is 388 g/mol. The fourth-order valence-electron chi connectivity index (χ4n) is 2.99. The van der Waals surface area contributed by atoms with Gasteiger partial charge in [0.15, 0.2) is 0 Å². The molecule has 2 amide bonds. The summed E-state index contributed by atoms with van der Waals surface area (Å²) in [5.74, 6) is 0.409. The van der Waals surface area contributed by atoms with Gasteiger partial charge in [-0.3, -0.25) is 20.2 Å². The van der Waals surface area contributed by atoms with Crippen molar-refractivity contribution in [1.29, 1.82) is 0 Å². The van der Waals surface area contributed by atoms with Crippen molar-refractivity contribution in [2.75, 3.05) is 10.6 Å². The van der Waals surface area contributed by atoms with Crippen LogP contribution in [0.25, 0.3) is 11.0 Å². The van der Waals surface area contributed by atoms with Crippen LogP contribution in [0.4, 0.5) is 11.9 Å². The highest BCUT2D eigenvalue weighted by Gasteiger charge is 2.16. The molecule has 2 heterocycles. The molecule has 8 heteroatoms. The van der Waals surface area contributed by atoms with Gasteiger partial charge in [0.25, 0.3) is 11.8 Å². The molecule has 2 aromatic heterocycles. The maximum atomic E-state index is 12.6. The Labute approximate surface area is 166 Å². The molecule has 0 aliphatic heterocycles. The smallest absolute Gasteiger partial charge is 0.260 e. The second kappa shape index (κ2) is 7.59. The van der Waals surface area contributed by atoms with Gasteiger partial charge in [-0.2, -0.15) is 0 Å². The molecule has 0 saturated heterocycles. The number of hydrogen-bond acceptors (Lipinski definition) is 4. The average molecular weight is 388 g/mol. The summed E-state index contributed by atoms with van der Waals surface area (Å²) in [5, 5.41) is 5.43. The van der Waals surface area contributed by atoms with Gasteiger partial charge in [0.1, 0.15) is 0 Å². The summed E-state index contributed by atoms with van der Waals surface area (Å²) in [5.41, 5.74) is 3.20. The standard InChI is InChI=1S/C21H20N6O2/c1-12(2)13-6-8-14(9-7-13)18(28)26-21-24-16-5-3-4-15(17(16)25-21)19(29)27-20-22-10-11-23-20/h3-12H,1-2H3,(H2,22,23,27,29)(H2,24,25,26,28). The number of rotatable bonds is 5. The van der Waals surface area contributed by atoms with Gasteiger partial charge in [-0.05, 0) is 35.7 Å². The number of fused-ring (bicyclic) bond motifs is 1. The quantitative estimate of drug-likeness (QED) is 0.415. The minimum Gasteiger partial charge on any atom is -0.331 e. The van der Waals surface area contributed by atoms with Crippen LogP contribution in [0.2, 0.25) is 0 Å². The number of aromatic nitrogens is 4. The summed E-state index contributed by atoms with van der Waals surface area (Å²) in [7, 11) is 0. The Morgan fingerprint density at radius 3 is 2.41 bits per heavy atom. The highest BCUT2D eigenvalue weighted by Crippen LogP contribution is 2.20. The van der Waals surface area contributed by atoms with E-state index < -0.39 is 0 Å². The third-order valence-electron chi connectivity index (χ3n) is 4.56. The van der Waals surface area contributed by atoms with Crippen molar-refractivity contribution in [3.05, 3.63) is 71.5 Å². The fourth-order valence-corrected chi connectivity index (χ4v) is 2.99. The maximum Gasteiger partial charge on any atom is 0.260 e. The number of nitrogens with one attached hydrogen (secondary N) is 4. The van der Waals surface area contributed by atoms with Gasteiger partial charge in [-0.25, -0.2) is 9.97 Å². The number of H-pyrrole nitrogens is 2. The molecule has 0 bridgehead atoms. The number of hydrogen-bond donors (Lipinski definition) is 4. The van der Waals surface area contributed by atoms with E-state index in [2.05, 4.69) is 44.4 Å². The molecule has 4 aromatic rings. The molecule has 146 valence electrons. The Balaban J connectivity index is 1.56. The lowest BCUT2D eigenvalue weighted by atomic mass is 10.0. The van der Waals surface area contributed by atoms with E-state index in [1.807, 2.05) is 12.1 Å². The van der Waals surface area contributed by atoms with E-state index in [4.69, 9.17) is 0 Å². The Morgan fingerprint density at radius 1 is 0.966 bits per heavy atom. The molecular weight excluding hydrogens is 368 g/mol. The number of aromatic amines is 2. The Morgan fingerprint density at radius 2 is 1.72 bits per heavy atom. The zero-order chi connectivity index (χ0) is 20.4. The van der Waals surface area contributed by atoms with E-state index in [9.17, 15) is 9.59 Å². The first kappa shape index (κ1) is 18.4. The lowest BCUT2D eigenvalue weighted by Gasteiger charge is -2.06. The van der Waals surface area contributed by atoms with Gasteiger partial charge in [0.05, 0.1) is 16.6 Å². The van der Waals surface area contributed by atoms with E-state index in [0.717, 1.165) is 5.56 Å². The van der Waals surface area contributed by atoms with Crippen LogP contribution in [0.3, 0.4) is 0 Å². The molecule has 0 spiro atoms. The van der Waals surface area contributed by atoms with Crippen LogP contribution < -0.4 is 10.6 Å². The molecule has 0 unspecified atom stereocenters. The molecule has 0 saturated carbocycles. The van der Waals surface area contributed by atoms with Crippen LogP contribution in [-0.2, 0) is 0 Å². The predicted molar refractivity (Wildman–Crippen MR) is 111 cm³/mol. The fraction of sp³-hybridized carbons (Fsp3) is 0.143. The van der Waals surface area contributed by atoms with Gasteiger partial charge >= 0.3 is 0 Å². The first-order valence-corrected chi connectivity index (χ1v) is 9.22. The SMILES string of the molecule is CC(C)c1ccc(C(=O)Nc2nc3cccc(C(=O)Nc4ncc[nH]4)c3[nH]2)cc1. The molecule has 0 atom stereocenters. The molecular formula is C21H20N6O2. The first-order chi connectivity index (χ1) is 14.0. The molecule has 8 nitrogen and oxygen atoms in total. The van der Waals surface area contributed by atoms with E-state index in [1.165, 1.54) is 0 Å². The summed E-state index contributed by atoms with van der Waals surface area (Å²) in [6.45, 7) is 4.20. The molecule has 29 heavy (non-hydrogen) atoms. The molecule has 4 rings (SSSR count). The second-order valence-electron chi connectivity index (χ2n) is 6.91. The summed E-state index contributed by atoms with van der Waals surface area (Å²) in [6.07, 6.45) is 3.17. The molecule has 0 fully saturated rings. The topological polar surface area (TPSA) is 116 Å². The van der Waals surface area contributed by atoms with E-state index in [1.54, 1.807) is 42.7 Å². The Bertz CT molecular complexity index is 1160.